The monoisotopic (exact) mass is 325 g/mol. The molecule has 3 heteroatoms. The molecular formula is C12H9Br2N. The Hall–Kier alpha value is -0.540. The van der Waals surface area contributed by atoms with E-state index in [9.17, 15) is 0 Å². The van der Waals surface area contributed by atoms with E-state index in [-0.39, 0.29) is 0 Å². The van der Waals surface area contributed by atoms with Crippen LogP contribution in [0.5, 0.6) is 0 Å². The van der Waals surface area contributed by atoms with Gasteiger partial charge < -0.3 is 4.98 Å². The first kappa shape index (κ1) is 9.67. The summed E-state index contributed by atoms with van der Waals surface area (Å²) in [6, 6.07) is 6.38. The van der Waals surface area contributed by atoms with Gasteiger partial charge in [-0.05, 0) is 12.1 Å². The van der Waals surface area contributed by atoms with Crippen LogP contribution in [0.25, 0.3) is 17.0 Å². The molecule has 1 N–H and O–H groups in total. The molecule has 0 radical (unpaired) electrons. The van der Waals surface area contributed by atoms with E-state index in [0.717, 1.165) is 10.9 Å². The van der Waals surface area contributed by atoms with Gasteiger partial charge in [0.25, 0.3) is 0 Å². The molecule has 3 rings (SSSR count). The van der Waals surface area contributed by atoms with E-state index in [4.69, 9.17) is 0 Å². The summed E-state index contributed by atoms with van der Waals surface area (Å²) in [5, 5.41) is 1.31. The molecule has 1 nitrogen and oxygen atoms in total. The number of hydrogen-bond acceptors (Lipinski definition) is 0. The molecule has 0 fully saturated rings. The quantitative estimate of drug-likeness (QED) is 0.696. The number of nitrogens with one attached hydrogen (secondary N) is 1. The molecule has 0 aliphatic heterocycles. The number of benzene rings is 1. The number of alkyl halides is 1. The van der Waals surface area contributed by atoms with Crippen LogP contribution in [0, 0.1) is 0 Å². The SMILES string of the molecule is Brc1ccc2c3c([nH]c2c1)CC(Br)C=C3. The lowest BCUT2D eigenvalue weighted by Crippen LogP contribution is -2.04. The molecule has 0 saturated heterocycles. The predicted molar refractivity (Wildman–Crippen MR) is 71.5 cm³/mol. The van der Waals surface area contributed by atoms with Crippen LogP contribution in [0.1, 0.15) is 11.3 Å². The smallest absolute Gasteiger partial charge is 0.0473 e. The average molecular weight is 327 g/mol. The zero-order chi connectivity index (χ0) is 10.4. The Morgan fingerprint density at radius 2 is 2.20 bits per heavy atom. The van der Waals surface area contributed by atoms with Crippen molar-refractivity contribution in [1.29, 1.82) is 0 Å². The van der Waals surface area contributed by atoms with E-state index in [0.29, 0.717) is 4.83 Å². The van der Waals surface area contributed by atoms with Crippen LogP contribution in [0.4, 0.5) is 0 Å². The summed E-state index contributed by atoms with van der Waals surface area (Å²) in [5.41, 5.74) is 3.88. The molecule has 15 heavy (non-hydrogen) atoms. The second kappa shape index (κ2) is 3.49. The number of aromatic nitrogens is 1. The van der Waals surface area contributed by atoms with Crippen LogP contribution < -0.4 is 0 Å². The number of halogens is 2. The van der Waals surface area contributed by atoms with E-state index in [1.165, 1.54) is 22.2 Å². The minimum Gasteiger partial charge on any atom is -0.358 e. The van der Waals surface area contributed by atoms with Crippen molar-refractivity contribution in [3.05, 3.63) is 40.0 Å². The average Bonchev–Trinajstić information content (AvgIpc) is 2.53. The molecule has 1 aromatic heterocycles. The molecule has 76 valence electrons. The molecule has 0 saturated carbocycles. The molecule has 1 aliphatic carbocycles. The Kier molecular flexibility index (Phi) is 2.25. The van der Waals surface area contributed by atoms with Gasteiger partial charge in [0.1, 0.15) is 0 Å². The van der Waals surface area contributed by atoms with Crippen molar-refractivity contribution in [2.45, 2.75) is 11.2 Å². The highest BCUT2D eigenvalue weighted by molar-refractivity contribution is 9.10. The minimum absolute atomic E-state index is 0.460. The van der Waals surface area contributed by atoms with Crippen molar-refractivity contribution in [3.63, 3.8) is 0 Å². The zero-order valence-electron chi connectivity index (χ0n) is 7.93. The van der Waals surface area contributed by atoms with Gasteiger partial charge in [-0.2, -0.15) is 0 Å². The minimum atomic E-state index is 0.460. The van der Waals surface area contributed by atoms with E-state index < -0.39 is 0 Å². The van der Waals surface area contributed by atoms with Gasteiger partial charge in [-0.25, -0.2) is 0 Å². The van der Waals surface area contributed by atoms with Gasteiger partial charge in [0, 0.05) is 37.9 Å². The summed E-state index contributed by atoms with van der Waals surface area (Å²) in [4.78, 5) is 3.94. The van der Waals surface area contributed by atoms with Gasteiger partial charge in [0.15, 0.2) is 0 Å². The van der Waals surface area contributed by atoms with Crippen molar-refractivity contribution in [3.8, 4) is 0 Å². The summed E-state index contributed by atoms with van der Waals surface area (Å²) in [6.07, 6.45) is 5.45. The van der Waals surface area contributed by atoms with Crippen molar-refractivity contribution < 1.29 is 0 Å². The molecule has 1 atom stereocenters. The number of allylic oxidation sites excluding steroid dienone is 1. The molecule has 1 aliphatic rings. The van der Waals surface area contributed by atoms with Crippen molar-refractivity contribution >= 4 is 48.8 Å². The molecule has 1 heterocycles. The van der Waals surface area contributed by atoms with Crippen LogP contribution in [0.15, 0.2) is 28.7 Å². The highest BCUT2D eigenvalue weighted by Gasteiger charge is 2.15. The maximum atomic E-state index is 3.61. The van der Waals surface area contributed by atoms with E-state index in [2.05, 4.69) is 67.2 Å². The van der Waals surface area contributed by atoms with E-state index in [1.54, 1.807) is 0 Å². The van der Waals surface area contributed by atoms with Gasteiger partial charge in [-0.15, -0.1) is 0 Å². The number of rotatable bonds is 0. The van der Waals surface area contributed by atoms with Gasteiger partial charge in [0.05, 0.1) is 0 Å². The maximum absolute atomic E-state index is 3.61. The fourth-order valence-electron chi connectivity index (χ4n) is 2.06. The Bertz CT molecular complexity index is 554. The molecule has 1 aromatic carbocycles. The number of H-pyrrole nitrogens is 1. The Balaban J connectivity index is 2.29. The summed E-state index contributed by atoms with van der Waals surface area (Å²) < 4.78 is 1.12. The second-order valence-corrected chi connectivity index (χ2v) is 5.88. The van der Waals surface area contributed by atoms with Crippen molar-refractivity contribution in [2.24, 2.45) is 0 Å². The van der Waals surface area contributed by atoms with Crippen LogP contribution in [-0.4, -0.2) is 9.81 Å². The van der Waals surface area contributed by atoms with Crippen molar-refractivity contribution in [1.82, 2.24) is 4.98 Å². The first-order valence-corrected chi connectivity index (χ1v) is 6.57. The highest BCUT2D eigenvalue weighted by Crippen LogP contribution is 2.31. The Morgan fingerprint density at radius 3 is 3.07 bits per heavy atom. The number of hydrogen-bond donors (Lipinski definition) is 1. The molecular weight excluding hydrogens is 318 g/mol. The lowest BCUT2D eigenvalue weighted by Gasteiger charge is -2.09. The third-order valence-corrected chi connectivity index (χ3v) is 3.88. The van der Waals surface area contributed by atoms with Crippen LogP contribution in [0.2, 0.25) is 0 Å². The Morgan fingerprint density at radius 1 is 1.33 bits per heavy atom. The standard InChI is InChI=1S/C12H9Br2N/c13-7-1-3-9-10-4-2-8(14)6-12(10)15-11(9)5-7/h1-5,8,15H,6H2. The summed E-state index contributed by atoms with van der Waals surface area (Å²) in [6.45, 7) is 0. The van der Waals surface area contributed by atoms with Crippen LogP contribution >= 0.6 is 31.9 Å². The molecule has 1 unspecified atom stereocenters. The van der Waals surface area contributed by atoms with Crippen LogP contribution in [-0.2, 0) is 6.42 Å². The lowest BCUT2D eigenvalue weighted by molar-refractivity contribution is 0.979. The molecule has 2 aromatic rings. The largest absolute Gasteiger partial charge is 0.358 e. The maximum Gasteiger partial charge on any atom is 0.0473 e. The van der Waals surface area contributed by atoms with Gasteiger partial charge in [-0.3, -0.25) is 0 Å². The summed E-state index contributed by atoms with van der Waals surface area (Å²) >= 11 is 7.10. The molecule has 0 bridgehead atoms. The molecule has 0 amide bonds. The fraction of sp³-hybridized carbons (Fsp3) is 0.167. The van der Waals surface area contributed by atoms with Gasteiger partial charge in [-0.1, -0.05) is 50.1 Å². The van der Waals surface area contributed by atoms with Gasteiger partial charge >= 0.3 is 0 Å². The first-order chi connectivity index (χ1) is 7.24. The third kappa shape index (κ3) is 1.58. The Labute approximate surface area is 105 Å². The normalized spacial score (nSPS) is 19.5. The van der Waals surface area contributed by atoms with E-state index in [1.807, 2.05) is 0 Å². The first-order valence-electron chi connectivity index (χ1n) is 4.86. The molecule has 0 spiro atoms. The van der Waals surface area contributed by atoms with E-state index >= 15 is 0 Å². The second-order valence-electron chi connectivity index (χ2n) is 3.79. The number of aromatic amines is 1. The number of fused-ring (bicyclic) bond motifs is 3. The lowest BCUT2D eigenvalue weighted by atomic mass is 10.0. The topological polar surface area (TPSA) is 15.8 Å². The summed E-state index contributed by atoms with van der Waals surface area (Å²) in [7, 11) is 0. The zero-order valence-corrected chi connectivity index (χ0v) is 11.1. The highest BCUT2D eigenvalue weighted by atomic mass is 79.9. The predicted octanol–water partition coefficient (Wildman–Crippen LogP) is 4.26. The van der Waals surface area contributed by atoms with Crippen LogP contribution in [0.3, 0.4) is 0 Å². The summed E-state index contributed by atoms with van der Waals surface area (Å²) in [5.74, 6) is 0. The van der Waals surface area contributed by atoms with Gasteiger partial charge in [0.2, 0.25) is 0 Å². The van der Waals surface area contributed by atoms with Crippen molar-refractivity contribution in [2.75, 3.05) is 0 Å². The fourth-order valence-corrected chi connectivity index (χ4v) is 2.90. The third-order valence-electron chi connectivity index (χ3n) is 2.75.